The van der Waals surface area contributed by atoms with E-state index in [1.807, 2.05) is 18.2 Å². The lowest BCUT2D eigenvalue weighted by Crippen LogP contribution is -2.43. The number of pyridine rings is 1. The molecular formula is C20H16ClN3O4. The van der Waals surface area contributed by atoms with E-state index in [1.54, 1.807) is 30.3 Å². The van der Waals surface area contributed by atoms with Crippen molar-refractivity contribution in [1.29, 1.82) is 0 Å². The van der Waals surface area contributed by atoms with E-state index in [4.69, 9.17) is 16.3 Å². The van der Waals surface area contributed by atoms with Crippen LogP contribution < -0.4 is 21.1 Å². The molecule has 1 aromatic heterocycles. The third-order valence-electron chi connectivity index (χ3n) is 3.83. The summed E-state index contributed by atoms with van der Waals surface area (Å²) in [6.07, 6.45) is 1.41. The van der Waals surface area contributed by atoms with Gasteiger partial charge in [0.2, 0.25) is 0 Å². The zero-order chi connectivity index (χ0) is 19.9. The van der Waals surface area contributed by atoms with Gasteiger partial charge in [0, 0.05) is 16.8 Å². The molecule has 2 amide bonds. The van der Waals surface area contributed by atoms with Crippen molar-refractivity contribution in [1.82, 2.24) is 15.8 Å². The highest BCUT2D eigenvalue weighted by Gasteiger charge is 2.15. The van der Waals surface area contributed by atoms with Gasteiger partial charge in [-0.25, -0.2) is 0 Å². The molecule has 0 spiro atoms. The third kappa shape index (κ3) is 4.57. The van der Waals surface area contributed by atoms with Gasteiger partial charge in [-0.1, -0.05) is 41.9 Å². The minimum atomic E-state index is -0.732. The van der Waals surface area contributed by atoms with Gasteiger partial charge >= 0.3 is 0 Å². The molecule has 0 aliphatic rings. The smallest absolute Gasteiger partial charge is 0.275 e. The number of hydrogen-bond acceptors (Lipinski definition) is 4. The van der Waals surface area contributed by atoms with Crippen LogP contribution in [0.5, 0.6) is 5.75 Å². The molecule has 3 aromatic rings. The first-order chi connectivity index (χ1) is 13.6. The summed E-state index contributed by atoms with van der Waals surface area (Å²) in [5.41, 5.74) is 4.81. The summed E-state index contributed by atoms with van der Waals surface area (Å²) >= 11 is 6.11. The second kappa shape index (κ2) is 8.88. The van der Waals surface area contributed by atoms with Gasteiger partial charge in [-0.05, 0) is 30.3 Å². The van der Waals surface area contributed by atoms with Crippen molar-refractivity contribution >= 4 is 23.4 Å². The summed E-state index contributed by atoms with van der Waals surface area (Å²) < 4.78 is 5.72. The van der Waals surface area contributed by atoms with E-state index >= 15 is 0 Å². The van der Waals surface area contributed by atoms with Crippen LogP contribution in [0.15, 0.2) is 71.7 Å². The number of carbonyl (C=O) groups is 2. The van der Waals surface area contributed by atoms with Crippen LogP contribution in [0.3, 0.4) is 0 Å². The van der Waals surface area contributed by atoms with Gasteiger partial charge in [-0.2, -0.15) is 0 Å². The number of aromatic nitrogens is 1. The molecule has 0 saturated heterocycles. The maximum Gasteiger partial charge on any atom is 0.275 e. The summed E-state index contributed by atoms with van der Waals surface area (Å²) in [6.45, 7) is 0.176. The first kappa shape index (κ1) is 19.2. The Morgan fingerprint density at radius 2 is 1.54 bits per heavy atom. The molecule has 0 saturated carbocycles. The maximum atomic E-state index is 12.4. The van der Waals surface area contributed by atoms with E-state index < -0.39 is 17.4 Å². The largest absolute Gasteiger partial charge is 0.488 e. The normalized spacial score (nSPS) is 10.2. The minimum absolute atomic E-state index is 0.119. The fourth-order valence-corrected chi connectivity index (χ4v) is 2.59. The average Bonchev–Trinajstić information content (AvgIpc) is 2.72. The topological polar surface area (TPSA) is 100 Å². The number of halogens is 1. The highest BCUT2D eigenvalue weighted by Crippen LogP contribution is 2.21. The molecule has 3 rings (SSSR count). The molecular weight excluding hydrogens is 382 g/mol. The summed E-state index contributed by atoms with van der Waals surface area (Å²) in [5, 5.41) is 0.560. The minimum Gasteiger partial charge on any atom is -0.488 e. The predicted octanol–water partition coefficient (Wildman–Crippen LogP) is 2.68. The Kier molecular flexibility index (Phi) is 6.08. The maximum absolute atomic E-state index is 12.4. The molecule has 0 aliphatic carbocycles. The molecule has 0 bridgehead atoms. The second-order valence-corrected chi connectivity index (χ2v) is 6.10. The first-order valence-corrected chi connectivity index (χ1v) is 8.67. The summed E-state index contributed by atoms with van der Waals surface area (Å²) in [7, 11) is 0. The van der Waals surface area contributed by atoms with Crippen LogP contribution in [0.2, 0.25) is 5.02 Å². The highest BCUT2D eigenvalue weighted by molar-refractivity contribution is 6.31. The number of amides is 2. The van der Waals surface area contributed by atoms with Crippen molar-refractivity contribution in [3.05, 3.63) is 98.9 Å². The molecule has 0 atom stereocenters. The van der Waals surface area contributed by atoms with Crippen molar-refractivity contribution in [2.24, 2.45) is 0 Å². The number of carbonyl (C=O) groups excluding carboxylic acids is 2. The van der Waals surface area contributed by atoms with E-state index in [-0.39, 0.29) is 17.7 Å². The van der Waals surface area contributed by atoms with Gasteiger partial charge in [0.15, 0.2) is 0 Å². The van der Waals surface area contributed by atoms with Gasteiger partial charge in [-0.15, -0.1) is 0 Å². The van der Waals surface area contributed by atoms with E-state index in [9.17, 15) is 14.4 Å². The lowest BCUT2D eigenvalue weighted by molar-refractivity contribution is 0.0843. The van der Waals surface area contributed by atoms with Crippen LogP contribution in [-0.4, -0.2) is 16.8 Å². The SMILES string of the molecule is O=C(NNC(=O)c1ccc[nH]c1=O)c1ccccc1OCc1ccccc1Cl. The monoisotopic (exact) mass is 397 g/mol. The van der Waals surface area contributed by atoms with Crippen molar-refractivity contribution in [3.63, 3.8) is 0 Å². The zero-order valence-corrected chi connectivity index (χ0v) is 15.3. The fourth-order valence-electron chi connectivity index (χ4n) is 2.40. The molecule has 1 heterocycles. The van der Waals surface area contributed by atoms with Crippen molar-refractivity contribution < 1.29 is 14.3 Å². The Morgan fingerprint density at radius 1 is 0.893 bits per heavy atom. The quantitative estimate of drug-likeness (QED) is 0.576. The molecule has 3 N–H and O–H groups in total. The van der Waals surface area contributed by atoms with Gasteiger partial charge < -0.3 is 9.72 Å². The predicted molar refractivity (Wildman–Crippen MR) is 104 cm³/mol. The molecule has 142 valence electrons. The molecule has 0 fully saturated rings. The number of ether oxygens (including phenoxy) is 1. The Labute approximate surface area is 165 Å². The van der Waals surface area contributed by atoms with E-state index in [0.717, 1.165) is 5.56 Å². The molecule has 7 nitrogen and oxygen atoms in total. The van der Waals surface area contributed by atoms with E-state index in [0.29, 0.717) is 10.8 Å². The zero-order valence-electron chi connectivity index (χ0n) is 14.6. The van der Waals surface area contributed by atoms with Crippen LogP contribution in [0.1, 0.15) is 26.3 Å². The van der Waals surface area contributed by atoms with Crippen LogP contribution in [0.25, 0.3) is 0 Å². The number of benzene rings is 2. The van der Waals surface area contributed by atoms with Gasteiger partial charge in [-0.3, -0.25) is 25.2 Å². The number of hydrazine groups is 1. The van der Waals surface area contributed by atoms with Crippen LogP contribution in [-0.2, 0) is 6.61 Å². The lowest BCUT2D eigenvalue weighted by atomic mass is 10.2. The Balaban J connectivity index is 1.67. The molecule has 8 heteroatoms. The molecule has 2 aromatic carbocycles. The number of rotatable bonds is 5. The van der Waals surface area contributed by atoms with Crippen LogP contribution in [0.4, 0.5) is 0 Å². The van der Waals surface area contributed by atoms with E-state index in [2.05, 4.69) is 15.8 Å². The van der Waals surface area contributed by atoms with Crippen molar-refractivity contribution in [3.8, 4) is 5.75 Å². The molecule has 28 heavy (non-hydrogen) atoms. The number of nitrogens with one attached hydrogen (secondary N) is 3. The standard InChI is InChI=1S/C20H16ClN3O4/c21-16-9-3-1-6-13(16)12-28-17-10-4-2-7-14(17)19(26)23-24-20(27)15-8-5-11-22-18(15)25/h1-11H,12H2,(H,22,25)(H,23,26)(H,24,27). The summed E-state index contributed by atoms with van der Waals surface area (Å²) in [4.78, 5) is 38.5. The molecule has 0 radical (unpaired) electrons. The van der Waals surface area contributed by atoms with Crippen molar-refractivity contribution in [2.45, 2.75) is 6.61 Å². The Hall–Kier alpha value is -3.58. The Bertz CT molecular complexity index is 1060. The summed E-state index contributed by atoms with van der Waals surface area (Å²) in [6, 6.07) is 16.7. The number of hydrogen-bond donors (Lipinski definition) is 3. The van der Waals surface area contributed by atoms with E-state index in [1.165, 1.54) is 18.3 Å². The van der Waals surface area contributed by atoms with Gasteiger partial charge in [0.05, 0.1) is 5.56 Å². The second-order valence-electron chi connectivity index (χ2n) is 5.70. The Morgan fingerprint density at radius 3 is 2.29 bits per heavy atom. The number of H-pyrrole nitrogens is 1. The lowest BCUT2D eigenvalue weighted by Gasteiger charge is -2.13. The highest BCUT2D eigenvalue weighted by atomic mass is 35.5. The molecule has 0 unspecified atom stereocenters. The first-order valence-electron chi connectivity index (χ1n) is 8.30. The van der Waals surface area contributed by atoms with Gasteiger partial charge in [0.1, 0.15) is 17.9 Å². The third-order valence-corrected chi connectivity index (χ3v) is 4.19. The number of para-hydroxylation sites is 1. The fraction of sp³-hybridized carbons (Fsp3) is 0.0500. The van der Waals surface area contributed by atoms with Crippen molar-refractivity contribution in [2.75, 3.05) is 0 Å². The van der Waals surface area contributed by atoms with Crippen LogP contribution in [0, 0.1) is 0 Å². The van der Waals surface area contributed by atoms with Gasteiger partial charge in [0.25, 0.3) is 17.4 Å². The molecule has 0 aliphatic heterocycles. The van der Waals surface area contributed by atoms with Crippen LogP contribution >= 0.6 is 11.6 Å². The summed E-state index contributed by atoms with van der Waals surface area (Å²) in [5.74, 6) is -0.994. The average molecular weight is 398 g/mol. The number of aromatic amines is 1.